The first-order valence-corrected chi connectivity index (χ1v) is 12.9. The summed E-state index contributed by atoms with van der Waals surface area (Å²) >= 11 is 0. The van der Waals surface area contributed by atoms with Crippen LogP contribution in [0.15, 0.2) is 84.9 Å². The number of ether oxygens (including phenoxy) is 2. The summed E-state index contributed by atoms with van der Waals surface area (Å²) in [7, 11) is 0. The molecule has 0 saturated carbocycles. The molecule has 5 nitrogen and oxygen atoms in total. The highest BCUT2D eigenvalue weighted by atomic mass is 16.6. The van der Waals surface area contributed by atoms with Crippen molar-refractivity contribution in [2.24, 2.45) is 0 Å². The Balaban J connectivity index is 1.53. The number of esters is 1. The molecule has 2 aliphatic rings. The molecule has 1 spiro atoms. The fraction of sp³-hybridized carbons (Fsp3) is 0.219. The Labute approximate surface area is 217 Å². The van der Waals surface area contributed by atoms with E-state index in [4.69, 9.17) is 9.47 Å². The number of fused-ring (bicyclic) bond motifs is 6. The number of rotatable bonds is 6. The molecule has 2 heterocycles. The number of carbonyl (C=O) groups excluding carboxylic acids is 1. The maximum atomic E-state index is 13.2. The van der Waals surface area contributed by atoms with Gasteiger partial charge in [-0.15, -0.1) is 0 Å². The van der Waals surface area contributed by atoms with Crippen LogP contribution in [0.3, 0.4) is 0 Å². The van der Waals surface area contributed by atoms with Crippen LogP contribution in [0.1, 0.15) is 52.0 Å². The van der Waals surface area contributed by atoms with Gasteiger partial charge in [0.15, 0.2) is 5.60 Å². The van der Waals surface area contributed by atoms with Crippen LogP contribution >= 0.6 is 0 Å². The summed E-state index contributed by atoms with van der Waals surface area (Å²) in [5.41, 5.74) is 6.25. The predicted octanol–water partition coefficient (Wildman–Crippen LogP) is 7.02. The predicted molar refractivity (Wildman–Crippen MR) is 147 cm³/mol. The van der Waals surface area contributed by atoms with Crippen LogP contribution in [-0.2, 0) is 16.9 Å². The number of anilines is 2. The molecule has 4 aromatic carbocycles. The van der Waals surface area contributed by atoms with Gasteiger partial charge in [0.05, 0.1) is 5.56 Å². The van der Waals surface area contributed by atoms with Crippen LogP contribution < -0.4 is 15.0 Å². The van der Waals surface area contributed by atoms with Crippen molar-refractivity contribution in [3.8, 4) is 11.5 Å². The van der Waals surface area contributed by atoms with Gasteiger partial charge in [-0.1, -0.05) is 48.5 Å². The Morgan fingerprint density at radius 3 is 2.38 bits per heavy atom. The molecule has 37 heavy (non-hydrogen) atoms. The average Bonchev–Trinajstić information content (AvgIpc) is 3.22. The van der Waals surface area contributed by atoms with Gasteiger partial charge in [-0.2, -0.15) is 0 Å². The summed E-state index contributed by atoms with van der Waals surface area (Å²) < 4.78 is 13.0. The van der Waals surface area contributed by atoms with E-state index in [1.54, 1.807) is 0 Å². The van der Waals surface area contributed by atoms with Crippen LogP contribution in [0.2, 0.25) is 0 Å². The second-order valence-corrected chi connectivity index (χ2v) is 9.58. The number of benzene rings is 4. The third-order valence-electron chi connectivity index (χ3n) is 7.45. The summed E-state index contributed by atoms with van der Waals surface area (Å²) in [5.74, 6) is 1.14. The van der Waals surface area contributed by atoms with Crippen molar-refractivity contribution >= 4 is 17.3 Å². The van der Waals surface area contributed by atoms with Gasteiger partial charge in [-0.3, -0.25) is 0 Å². The van der Waals surface area contributed by atoms with Gasteiger partial charge in [0.1, 0.15) is 11.5 Å². The Hall–Kier alpha value is -4.25. The average molecular weight is 491 g/mol. The van der Waals surface area contributed by atoms with Crippen molar-refractivity contribution in [3.63, 3.8) is 0 Å². The standard InChI is InChI=1S/C32H30N2O3/c1-4-34(5-2)24-15-16-27-29(19-24)36-30-21(3)17-23(33-20-22-11-7-6-8-12-22)18-28(30)32(27)26-14-10-9-13-25(26)31(35)37-32/h6-19,33H,4-5,20H2,1-3H3. The van der Waals surface area contributed by atoms with Gasteiger partial charge in [0.2, 0.25) is 0 Å². The van der Waals surface area contributed by atoms with Gasteiger partial charge in [0.25, 0.3) is 0 Å². The zero-order valence-corrected chi connectivity index (χ0v) is 21.4. The molecule has 0 fully saturated rings. The second-order valence-electron chi connectivity index (χ2n) is 9.58. The molecule has 5 heteroatoms. The molecule has 0 bridgehead atoms. The Morgan fingerprint density at radius 1 is 0.838 bits per heavy atom. The van der Waals surface area contributed by atoms with E-state index >= 15 is 0 Å². The summed E-state index contributed by atoms with van der Waals surface area (Å²) in [4.78, 5) is 15.5. The van der Waals surface area contributed by atoms with E-state index in [2.05, 4.69) is 66.5 Å². The van der Waals surface area contributed by atoms with Crippen molar-refractivity contribution in [2.45, 2.75) is 32.9 Å². The number of carbonyl (C=O) groups is 1. The summed E-state index contributed by atoms with van der Waals surface area (Å²) in [6.07, 6.45) is 0. The molecule has 4 aromatic rings. The minimum absolute atomic E-state index is 0.317. The molecular formula is C32H30N2O3. The molecule has 0 aliphatic carbocycles. The minimum Gasteiger partial charge on any atom is -0.456 e. The Kier molecular flexibility index (Phi) is 5.64. The number of nitrogens with zero attached hydrogens (tertiary/aromatic N) is 1. The van der Waals surface area contributed by atoms with E-state index < -0.39 is 5.60 Å². The second kappa shape index (κ2) is 9.00. The molecule has 0 amide bonds. The molecule has 0 aromatic heterocycles. The molecule has 1 N–H and O–H groups in total. The van der Waals surface area contributed by atoms with Crippen molar-refractivity contribution in [2.75, 3.05) is 23.3 Å². The third-order valence-corrected chi connectivity index (χ3v) is 7.45. The summed E-state index contributed by atoms with van der Waals surface area (Å²) in [6, 6.07) is 28.4. The smallest absolute Gasteiger partial charge is 0.340 e. The van der Waals surface area contributed by atoms with E-state index in [-0.39, 0.29) is 5.97 Å². The van der Waals surface area contributed by atoms with Gasteiger partial charge in [0, 0.05) is 53.8 Å². The molecule has 1 atom stereocenters. The molecule has 0 saturated heterocycles. The number of nitrogens with one attached hydrogen (secondary N) is 1. The van der Waals surface area contributed by atoms with Gasteiger partial charge < -0.3 is 19.7 Å². The Morgan fingerprint density at radius 2 is 1.59 bits per heavy atom. The minimum atomic E-state index is -1.08. The zero-order chi connectivity index (χ0) is 25.6. The Bertz CT molecular complexity index is 1490. The lowest BCUT2D eigenvalue weighted by atomic mass is 9.77. The van der Waals surface area contributed by atoms with Crippen molar-refractivity contribution in [1.29, 1.82) is 0 Å². The first kappa shape index (κ1) is 23.2. The van der Waals surface area contributed by atoms with Crippen LogP contribution in [0.25, 0.3) is 0 Å². The highest BCUT2D eigenvalue weighted by Gasteiger charge is 2.54. The highest BCUT2D eigenvalue weighted by Crippen LogP contribution is 2.57. The van der Waals surface area contributed by atoms with Gasteiger partial charge in [-0.25, -0.2) is 4.79 Å². The highest BCUT2D eigenvalue weighted by molar-refractivity contribution is 5.97. The molecule has 6 rings (SSSR count). The normalized spacial score (nSPS) is 16.9. The topological polar surface area (TPSA) is 50.8 Å². The van der Waals surface area contributed by atoms with Crippen molar-refractivity contribution in [1.82, 2.24) is 0 Å². The van der Waals surface area contributed by atoms with E-state index in [1.165, 1.54) is 5.56 Å². The SMILES string of the molecule is CCN(CC)c1ccc2c(c1)Oc1c(C)cc(NCc3ccccc3)cc1C21OC(=O)c2ccccc21. The molecule has 2 aliphatic heterocycles. The maximum Gasteiger partial charge on any atom is 0.340 e. The third kappa shape index (κ3) is 3.65. The first-order valence-electron chi connectivity index (χ1n) is 12.9. The lowest BCUT2D eigenvalue weighted by molar-refractivity contribution is 0.0224. The lowest BCUT2D eigenvalue weighted by Gasteiger charge is -2.38. The van der Waals surface area contributed by atoms with E-state index in [0.717, 1.165) is 58.2 Å². The number of hydrogen-bond acceptors (Lipinski definition) is 5. The van der Waals surface area contributed by atoms with Crippen LogP contribution in [0.5, 0.6) is 11.5 Å². The molecule has 1 unspecified atom stereocenters. The number of aryl methyl sites for hydroxylation is 1. The maximum absolute atomic E-state index is 13.2. The molecular weight excluding hydrogens is 460 g/mol. The fourth-order valence-electron chi connectivity index (χ4n) is 5.62. The summed E-state index contributed by atoms with van der Waals surface area (Å²) in [5, 5.41) is 3.55. The fourth-order valence-corrected chi connectivity index (χ4v) is 5.62. The number of hydrogen-bond donors (Lipinski definition) is 1. The summed E-state index contributed by atoms with van der Waals surface area (Å²) in [6.45, 7) is 8.80. The van der Waals surface area contributed by atoms with Crippen LogP contribution in [0.4, 0.5) is 11.4 Å². The van der Waals surface area contributed by atoms with E-state index in [0.29, 0.717) is 12.1 Å². The quantitative estimate of drug-likeness (QED) is 0.294. The largest absolute Gasteiger partial charge is 0.456 e. The van der Waals surface area contributed by atoms with Gasteiger partial charge in [-0.05, 0) is 62.2 Å². The van der Waals surface area contributed by atoms with Crippen LogP contribution in [0, 0.1) is 6.92 Å². The van der Waals surface area contributed by atoms with Crippen molar-refractivity contribution < 1.29 is 14.3 Å². The van der Waals surface area contributed by atoms with Crippen LogP contribution in [-0.4, -0.2) is 19.1 Å². The monoisotopic (exact) mass is 490 g/mol. The van der Waals surface area contributed by atoms with Gasteiger partial charge >= 0.3 is 5.97 Å². The van der Waals surface area contributed by atoms with Crippen molar-refractivity contribution in [3.05, 3.63) is 118 Å². The lowest BCUT2D eigenvalue weighted by Crippen LogP contribution is -2.33. The van der Waals surface area contributed by atoms with E-state index in [1.807, 2.05) is 49.4 Å². The molecule has 0 radical (unpaired) electrons. The molecule has 186 valence electrons. The first-order chi connectivity index (χ1) is 18.0. The zero-order valence-electron chi connectivity index (χ0n) is 21.4. The van der Waals surface area contributed by atoms with E-state index in [9.17, 15) is 4.79 Å².